The predicted octanol–water partition coefficient (Wildman–Crippen LogP) is 0.790. The van der Waals surface area contributed by atoms with Crippen LogP contribution in [0.1, 0.15) is 32.6 Å². The second-order valence-electron chi connectivity index (χ2n) is 3.03. The van der Waals surface area contributed by atoms with Crippen molar-refractivity contribution in [2.75, 3.05) is 13.2 Å². The lowest BCUT2D eigenvalue weighted by Crippen LogP contribution is -2.25. The Morgan fingerprint density at radius 3 is 2.43 bits per heavy atom. The van der Waals surface area contributed by atoms with E-state index in [9.17, 15) is 8.42 Å². The highest BCUT2D eigenvalue weighted by Gasteiger charge is 2.22. The van der Waals surface area contributed by atoms with Gasteiger partial charge in [0.15, 0.2) is 5.44 Å². The summed E-state index contributed by atoms with van der Waals surface area (Å²) < 4.78 is 35.1. The molecule has 0 aromatic carbocycles. The van der Waals surface area contributed by atoms with Crippen LogP contribution >= 0.6 is 0 Å². The van der Waals surface area contributed by atoms with Crippen molar-refractivity contribution in [3.63, 3.8) is 0 Å². The second kappa shape index (κ2) is 7.17. The lowest BCUT2D eigenvalue weighted by Gasteiger charge is -2.13. The van der Waals surface area contributed by atoms with Crippen LogP contribution in [-0.2, 0) is 14.9 Å². The van der Waals surface area contributed by atoms with E-state index in [4.69, 9.17) is 14.4 Å². The van der Waals surface area contributed by atoms with E-state index in [1.165, 1.54) is 0 Å². The van der Waals surface area contributed by atoms with E-state index in [0.717, 1.165) is 19.3 Å². The molecule has 0 aromatic heterocycles. The van der Waals surface area contributed by atoms with Crippen molar-refractivity contribution < 1.29 is 22.8 Å². The summed E-state index contributed by atoms with van der Waals surface area (Å²) >= 11 is 0. The van der Waals surface area contributed by atoms with Crippen molar-refractivity contribution >= 4 is 10.1 Å². The molecule has 0 heterocycles. The SMILES string of the molecule is CCCCCOC(CCO)S(=O)(=O)O. The van der Waals surface area contributed by atoms with Crippen LogP contribution in [0.3, 0.4) is 0 Å². The maximum atomic E-state index is 10.7. The number of ether oxygens (including phenoxy) is 1. The second-order valence-corrected chi connectivity index (χ2v) is 4.59. The first kappa shape index (κ1) is 13.8. The van der Waals surface area contributed by atoms with Gasteiger partial charge in [0.05, 0.1) is 0 Å². The molecule has 0 aliphatic carbocycles. The van der Waals surface area contributed by atoms with Crippen molar-refractivity contribution in [2.24, 2.45) is 0 Å². The first-order valence-corrected chi connectivity index (χ1v) is 6.21. The third-order valence-corrected chi connectivity index (χ3v) is 2.78. The zero-order chi connectivity index (χ0) is 11.0. The molecule has 0 bridgehead atoms. The molecule has 0 fully saturated rings. The maximum Gasteiger partial charge on any atom is 0.292 e. The van der Waals surface area contributed by atoms with Gasteiger partial charge in [-0.05, 0) is 6.42 Å². The molecule has 0 saturated heterocycles. The van der Waals surface area contributed by atoms with E-state index < -0.39 is 15.6 Å². The van der Waals surface area contributed by atoms with E-state index in [-0.39, 0.29) is 19.6 Å². The highest BCUT2D eigenvalue weighted by atomic mass is 32.2. The average Bonchev–Trinajstić information content (AvgIpc) is 2.08. The van der Waals surface area contributed by atoms with Crippen molar-refractivity contribution in [1.82, 2.24) is 0 Å². The van der Waals surface area contributed by atoms with Gasteiger partial charge in [0, 0.05) is 19.6 Å². The fraction of sp³-hybridized carbons (Fsp3) is 1.00. The third-order valence-electron chi connectivity index (χ3n) is 1.75. The minimum Gasteiger partial charge on any atom is -0.396 e. The van der Waals surface area contributed by atoms with Gasteiger partial charge in [-0.3, -0.25) is 4.55 Å². The molecule has 86 valence electrons. The quantitative estimate of drug-likeness (QED) is 0.472. The van der Waals surface area contributed by atoms with Crippen molar-refractivity contribution in [3.05, 3.63) is 0 Å². The molecule has 14 heavy (non-hydrogen) atoms. The Kier molecular flexibility index (Phi) is 7.08. The van der Waals surface area contributed by atoms with E-state index in [0.29, 0.717) is 0 Å². The Bertz CT molecular complexity index is 224. The van der Waals surface area contributed by atoms with Crippen LogP contribution in [0.15, 0.2) is 0 Å². The summed E-state index contributed by atoms with van der Waals surface area (Å²) in [5.41, 5.74) is -1.29. The van der Waals surface area contributed by atoms with Gasteiger partial charge in [-0.2, -0.15) is 8.42 Å². The number of aliphatic hydroxyl groups is 1. The molecule has 6 heteroatoms. The fourth-order valence-corrected chi connectivity index (χ4v) is 1.66. The van der Waals surface area contributed by atoms with Gasteiger partial charge < -0.3 is 9.84 Å². The molecule has 0 aromatic rings. The number of hydrogen-bond donors (Lipinski definition) is 2. The normalized spacial score (nSPS) is 14.2. The van der Waals surface area contributed by atoms with Gasteiger partial charge in [-0.15, -0.1) is 0 Å². The molecule has 0 spiro atoms. The molecular weight excluding hydrogens is 208 g/mol. The van der Waals surface area contributed by atoms with Gasteiger partial charge in [0.2, 0.25) is 0 Å². The maximum absolute atomic E-state index is 10.7. The van der Waals surface area contributed by atoms with Crippen molar-refractivity contribution in [2.45, 2.75) is 38.0 Å². The topological polar surface area (TPSA) is 83.8 Å². The monoisotopic (exact) mass is 226 g/mol. The number of unbranched alkanes of at least 4 members (excludes halogenated alkanes) is 2. The molecule has 1 unspecified atom stereocenters. The third kappa shape index (κ3) is 6.31. The van der Waals surface area contributed by atoms with Gasteiger partial charge in [0.1, 0.15) is 0 Å². The number of hydrogen-bond acceptors (Lipinski definition) is 4. The molecule has 0 rings (SSSR count). The molecule has 0 amide bonds. The fourth-order valence-electron chi connectivity index (χ4n) is 0.990. The number of aliphatic hydroxyl groups excluding tert-OH is 1. The van der Waals surface area contributed by atoms with Gasteiger partial charge in [-0.25, -0.2) is 0 Å². The van der Waals surface area contributed by atoms with E-state index in [1.807, 2.05) is 6.92 Å². The Morgan fingerprint density at radius 1 is 1.36 bits per heavy atom. The summed E-state index contributed by atoms with van der Waals surface area (Å²) in [5.74, 6) is 0. The summed E-state index contributed by atoms with van der Waals surface area (Å²) in [6, 6.07) is 0. The summed E-state index contributed by atoms with van der Waals surface area (Å²) in [5, 5.41) is 8.55. The Labute approximate surface area is 84.8 Å². The lowest BCUT2D eigenvalue weighted by atomic mass is 10.3. The largest absolute Gasteiger partial charge is 0.396 e. The first-order valence-electron chi connectivity index (χ1n) is 4.71. The van der Waals surface area contributed by atoms with Crippen LogP contribution in [0.25, 0.3) is 0 Å². The zero-order valence-corrected chi connectivity index (χ0v) is 9.16. The molecule has 1 atom stereocenters. The van der Waals surface area contributed by atoms with Crippen LogP contribution in [0.5, 0.6) is 0 Å². The van der Waals surface area contributed by atoms with Crippen LogP contribution in [0.2, 0.25) is 0 Å². The number of rotatable bonds is 8. The van der Waals surface area contributed by atoms with E-state index in [2.05, 4.69) is 0 Å². The van der Waals surface area contributed by atoms with Crippen LogP contribution in [0, 0.1) is 0 Å². The summed E-state index contributed by atoms with van der Waals surface area (Å²) in [6.07, 6.45) is 2.64. The first-order chi connectivity index (χ1) is 6.52. The summed E-state index contributed by atoms with van der Waals surface area (Å²) in [6.45, 7) is 1.99. The minimum absolute atomic E-state index is 0.0923. The molecule has 0 aliphatic rings. The van der Waals surface area contributed by atoms with E-state index in [1.54, 1.807) is 0 Å². The van der Waals surface area contributed by atoms with E-state index >= 15 is 0 Å². The highest BCUT2D eigenvalue weighted by molar-refractivity contribution is 7.86. The highest BCUT2D eigenvalue weighted by Crippen LogP contribution is 2.07. The Morgan fingerprint density at radius 2 is 2.00 bits per heavy atom. The minimum atomic E-state index is -4.20. The van der Waals surface area contributed by atoms with Crippen LogP contribution in [-0.4, -0.2) is 36.7 Å². The van der Waals surface area contributed by atoms with Crippen molar-refractivity contribution in [1.29, 1.82) is 0 Å². The Hall–Kier alpha value is -0.170. The summed E-state index contributed by atoms with van der Waals surface area (Å²) in [7, 11) is -4.20. The molecular formula is C8H18O5S. The molecule has 0 saturated carbocycles. The van der Waals surface area contributed by atoms with Crippen LogP contribution < -0.4 is 0 Å². The van der Waals surface area contributed by atoms with Gasteiger partial charge >= 0.3 is 0 Å². The van der Waals surface area contributed by atoms with Gasteiger partial charge in [0.25, 0.3) is 10.1 Å². The lowest BCUT2D eigenvalue weighted by molar-refractivity contribution is 0.0771. The van der Waals surface area contributed by atoms with Gasteiger partial charge in [-0.1, -0.05) is 19.8 Å². The molecule has 2 N–H and O–H groups in total. The van der Waals surface area contributed by atoms with Crippen molar-refractivity contribution in [3.8, 4) is 0 Å². The van der Waals surface area contributed by atoms with Crippen LogP contribution in [0.4, 0.5) is 0 Å². The zero-order valence-electron chi connectivity index (χ0n) is 8.35. The average molecular weight is 226 g/mol. The molecule has 5 nitrogen and oxygen atoms in total. The standard InChI is InChI=1S/C8H18O5S/c1-2-3-4-7-13-8(5-6-9)14(10,11)12/h8-9H,2-7H2,1H3,(H,10,11,12). The Balaban J connectivity index is 3.87. The smallest absolute Gasteiger partial charge is 0.292 e. The molecule has 0 aliphatic heterocycles. The molecule has 0 radical (unpaired) electrons. The predicted molar refractivity (Wildman–Crippen MR) is 52.5 cm³/mol. The summed E-state index contributed by atoms with van der Waals surface area (Å²) in [4.78, 5) is 0.